The summed E-state index contributed by atoms with van der Waals surface area (Å²) in [6.07, 6.45) is -0.473. The number of para-hydroxylation sites is 1. The van der Waals surface area contributed by atoms with Gasteiger partial charge in [0.25, 0.3) is 0 Å². The molecule has 0 radical (unpaired) electrons. The van der Waals surface area contributed by atoms with Crippen molar-refractivity contribution >= 4 is 5.69 Å². The van der Waals surface area contributed by atoms with E-state index in [2.05, 4.69) is 5.32 Å². The molecule has 13 heavy (non-hydrogen) atoms. The van der Waals surface area contributed by atoms with Gasteiger partial charge in [0.1, 0.15) is 5.82 Å². The molecule has 0 saturated heterocycles. The van der Waals surface area contributed by atoms with Crippen molar-refractivity contribution in [1.29, 1.82) is 0 Å². The summed E-state index contributed by atoms with van der Waals surface area (Å²) in [6.45, 7) is 3.85. The molecule has 0 spiro atoms. The summed E-state index contributed by atoms with van der Waals surface area (Å²) in [4.78, 5) is 0. The second kappa shape index (κ2) is 4.23. The maximum absolute atomic E-state index is 13.2. The average Bonchev–Trinajstić information content (AvgIpc) is 2.03. The topological polar surface area (TPSA) is 32.3 Å². The lowest BCUT2D eigenvalue weighted by molar-refractivity contribution is 0.208. The van der Waals surface area contributed by atoms with E-state index in [1.165, 1.54) is 6.07 Å². The normalized spacial score (nSPS) is 12.6. The van der Waals surface area contributed by atoms with Crippen molar-refractivity contribution in [1.82, 2.24) is 0 Å². The van der Waals surface area contributed by atoms with Crippen LogP contribution < -0.4 is 5.32 Å². The number of aliphatic hydroxyl groups excluding tert-OH is 1. The maximum atomic E-state index is 13.2. The number of rotatable bonds is 3. The molecule has 0 amide bonds. The number of benzene rings is 1. The third-order valence-electron chi connectivity index (χ3n) is 1.80. The molecule has 1 aromatic rings. The molecule has 72 valence electrons. The number of anilines is 1. The molecule has 0 heterocycles. The first-order valence-corrected chi connectivity index (χ1v) is 4.28. The van der Waals surface area contributed by atoms with Crippen molar-refractivity contribution in [3.05, 3.63) is 29.6 Å². The smallest absolute Gasteiger partial charge is 0.146 e. The monoisotopic (exact) mass is 183 g/mol. The van der Waals surface area contributed by atoms with Gasteiger partial charge in [-0.15, -0.1) is 0 Å². The van der Waals surface area contributed by atoms with Crippen molar-refractivity contribution in [3.63, 3.8) is 0 Å². The van der Waals surface area contributed by atoms with Gasteiger partial charge in [0, 0.05) is 6.54 Å². The molecule has 1 rings (SSSR count). The van der Waals surface area contributed by atoms with Crippen molar-refractivity contribution in [2.24, 2.45) is 0 Å². The molecule has 2 nitrogen and oxygen atoms in total. The Morgan fingerprint density at radius 3 is 2.77 bits per heavy atom. The van der Waals surface area contributed by atoms with Gasteiger partial charge in [0.15, 0.2) is 0 Å². The fraction of sp³-hybridized carbons (Fsp3) is 0.400. The molecule has 1 atom stereocenters. The molecule has 0 saturated carbocycles. The van der Waals surface area contributed by atoms with Crippen LogP contribution in [0.1, 0.15) is 12.5 Å². The third kappa shape index (κ3) is 2.70. The Labute approximate surface area is 77.4 Å². The lowest BCUT2D eigenvalue weighted by Gasteiger charge is -2.11. The highest BCUT2D eigenvalue weighted by molar-refractivity contribution is 5.51. The van der Waals surface area contributed by atoms with Crippen LogP contribution in [0.3, 0.4) is 0 Å². The highest BCUT2D eigenvalue weighted by Gasteiger charge is 2.04. The van der Waals surface area contributed by atoms with Gasteiger partial charge in [-0.3, -0.25) is 0 Å². The summed E-state index contributed by atoms with van der Waals surface area (Å²) < 4.78 is 13.2. The fourth-order valence-corrected chi connectivity index (χ4v) is 1.11. The second-order valence-electron chi connectivity index (χ2n) is 3.16. The van der Waals surface area contributed by atoms with Crippen LogP contribution in [-0.2, 0) is 0 Å². The molecule has 0 unspecified atom stereocenters. The van der Waals surface area contributed by atoms with Gasteiger partial charge in [-0.05, 0) is 25.5 Å². The molecule has 0 aliphatic carbocycles. The van der Waals surface area contributed by atoms with Gasteiger partial charge < -0.3 is 10.4 Å². The number of hydrogen-bond donors (Lipinski definition) is 2. The van der Waals surface area contributed by atoms with E-state index in [0.717, 1.165) is 5.56 Å². The average molecular weight is 183 g/mol. The molecule has 0 aromatic heterocycles. The van der Waals surface area contributed by atoms with Crippen LogP contribution in [0.5, 0.6) is 0 Å². The first-order valence-electron chi connectivity index (χ1n) is 4.28. The van der Waals surface area contributed by atoms with Crippen LogP contribution >= 0.6 is 0 Å². The van der Waals surface area contributed by atoms with E-state index < -0.39 is 6.10 Å². The van der Waals surface area contributed by atoms with Gasteiger partial charge in [-0.1, -0.05) is 12.1 Å². The van der Waals surface area contributed by atoms with Crippen molar-refractivity contribution in [3.8, 4) is 0 Å². The number of hydrogen-bond acceptors (Lipinski definition) is 2. The largest absolute Gasteiger partial charge is 0.392 e. The lowest BCUT2D eigenvalue weighted by Crippen LogP contribution is -2.16. The van der Waals surface area contributed by atoms with Crippen LogP contribution in [0.25, 0.3) is 0 Å². The Morgan fingerprint density at radius 2 is 2.23 bits per heavy atom. The Hall–Kier alpha value is -1.09. The van der Waals surface area contributed by atoms with E-state index in [1.807, 2.05) is 13.0 Å². The van der Waals surface area contributed by atoms with E-state index in [9.17, 15) is 4.39 Å². The SMILES string of the molecule is Cc1cccc(F)c1NC[C@H](C)O. The zero-order valence-electron chi connectivity index (χ0n) is 7.84. The lowest BCUT2D eigenvalue weighted by atomic mass is 10.2. The summed E-state index contributed by atoms with van der Waals surface area (Å²) in [5.74, 6) is -0.277. The van der Waals surface area contributed by atoms with Crippen molar-refractivity contribution in [2.75, 3.05) is 11.9 Å². The quantitative estimate of drug-likeness (QED) is 0.750. The highest BCUT2D eigenvalue weighted by atomic mass is 19.1. The molecule has 0 fully saturated rings. The molecule has 1 aromatic carbocycles. The number of aliphatic hydroxyl groups is 1. The minimum Gasteiger partial charge on any atom is -0.392 e. The molecule has 0 aliphatic rings. The molecule has 2 N–H and O–H groups in total. The molecule has 0 aliphatic heterocycles. The predicted octanol–water partition coefficient (Wildman–Crippen LogP) is 1.93. The van der Waals surface area contributed by atoms with Crippen molar-refractivity contribution < 1.29 is 9.50 Å². The number of nitrogens with one attached hydrogen (secondary N) is 1. The Kier molecular flexibility index (Phi) is 3.25. The van der Waals surface area contributed by atoms with Crippen LogP contribution in [0.4, 0.5) is 10.1 Å². The molecular weight excluding hydrogens is 169 g/mol. The second-order valence-corrected chi connectivity index (χ2v) is 3.16. The van der Waals surface area contributed by atoms with Gasteiger partial charge in [-0.25, -0.2) is 4.39 Å². The predicted molar refractivity (Wildman–Crippen MR) is 51.3 cm³/mol. The summed E-state index contributed by atoms with van der Waals surface area (Å²) in [5, 5.41) is 11.9. The number of aryl methyl sites for hydroxylation is 1. The van der Waals surface area contributed by atoms with Crippen molar-refractivity contribution in [2.45, 2.75) is 20.0 Å². The van der Waals surface area contributed by atoms with Crippen LogP contribution in [0, 0.1) is 12.7 Å². The maximum Gasteiger partial charge on any atom is 0.146 e. The van der Waals surface area contributed by atoms with Gasteiger partial charge in [-0.2, -0.15) is 0 Å². The minimum absolute atomic E-state index is 0.277. The van der Waals surface area contributed by atoms with E-state index in [-0.39, 0.29) is 5.82 Å². The molecule has 0 bridgehead atoms. The van der Waals surface area contributed by atoms with E-state index in [1.54, 1.807) is 13.0 Å². The number of halogens is 1. The fourth-order valence-electron chi connectivity index (χ4n) is 1.11. The van der Waals surface area contributed by atoms with Crippen LogP contribution in [0.2, 0.25) is 0 Å². The molecular formula is C10H14FNO. The first kappa shape index (κ1) is 9.99. The van der Waals surface area contributed by atoms with Gasteiger partial charge >= 0.3 is 0 Å². The van der Waals surface area contributed by atoms with E-state index >= 15 is 0 Å². The summed E-state index contributed by atoms with van der Waals surface area (Å²) in [5.41, 5.74) is 1.32. The van der Waals surface area contributed by atoms with Gasteiger partial charge in [0.05, 0.1) is 11.8 Å². The summed E-state index contributed by atoms with van der Waals surface area (Å²) in [7, 11) is 0. The minimum atomic E-state index is -0.473. The Balaban J connectivity index is 2.75. The molecule has 3 heteroatoms. The first-order chi connectivity index (χ1) is 6.11. The standard InChI is InChI=1S/C10H14FNO/c1-7-4-3-5-9(11)10(7)12-6-8(2)13/h3-5,8,12-13H,6H2,1-2H3/t8-/m0/s1. The summed E-state index contributed by atoms with van der Waals surface area (Å²) >= 11 is 0. The van der Waals surface area contributed by atoms with E-state index in [0.29, 0.717) is 12.2 Å². The third-order valence-corrected chi connectivity index (χ3v) is 1.80. The van der Waals surface area contributed by atoms with E-state index in [4.69, 9.17) is 5.11 Å². The van der Waals surface area contributed by atoms with Gasteiger partial charge in [0.2, 0.25) is 0 Å². The Morgan fingerprint density at radius 1 is 1.54 bits per heavy atom. The van der Waals surface area contributed by atoms with Crippen LogP contribution in [-0.4, -0.2) is 17.8 Å². The zero-order valence-corrected chi connectivity index (χ0v) is 7.84. The summed E-state index contributed by atoms with van der Waals surface area (Å²) in [6, 6.07) is 4.89. The van der Waals surface area contributed by atoms with Crippen LogP contribution in [0.15, 0.2) is 18.2 Å². The highest BCUT2D eigenvalue weighted by Crippen LogP contribution is 2.18. The Bertz CT molecular complexity index is 266. The zero-order chi connectivity index (χ0) is 9.84.